The molecule has 0 aliphatic carbocycles. The molecule has 0 fully saturated rings. The van der Waals surface area contributed by atoms with Crippen molar-refractivity contribution in [1.82, 2.24) is 0 Å². The number of hydrogen-bond acceptors (Lipinski definition) is 4. The van der Waals surface area contributed by atoms with Gasteiger partial charge in [-0.1, -0.05) is 17.7 Å². The highest BCUT2D eigenvalue weighted by Crippen LogP contribution is 2.34. The van der Waals surface area contributed by atoms with Crippen LogP contribution in [0.4, 0.5) is 0 Å². The van der Waals surface area contributed by atoms with Gasteiger partial charge in [-0.2, -0.15) is 0 Å². The van der Waals surface area contributed by atoms with Crippen molar-refractivity contribution in [2.45, 2.75) is 0 Å². The number of aromatic hydroxyl groups is 2. The van der Waals surface area contributed by atoms with Crippen LogP contribution in [0.25, 0.3) is 6.08 Å². The van der Waals surface area contributed by atoms with Crippen LogP contribution in [0, 0.1) is 0 Å². The van der Waals surface area contributed by atoms with Crippen molar-refractivity contribution in [3.05, 3.63) is 58.3 Å². The van der Waals surface area contributed by atoms with E-state index in [0.29, 0.717) is 16.9 Å². The minimum atomic E-state index is -0.260. The van der Waals surface area contributed by atoms with Crippen molar-refractivity contribution in [2.24, 2.45) is 0 Å². The molecular weight excluding hydrogens is 280 g/mol. The number of carbonyl (C=O) groups excluding carboxylic acids is 1. The van der Waals surface area contributed by atoms with Crippen LogP contribution in [0.2, 0.25) is 5.02 Å². The van der Waals surface area contributed by atoms with Gasteiger partial charge in [0.2, 0.25) is 5.78 Å². The van der Waals surface area contributed by atoms with Crippen LogP contribution in [0.3, 0.4) is 0 Å². The smallest absolute Gasteiger partial charge is 0.231 e. The Morgan fingerprint density at radius 3 is 2.65 bits per heavy atom. The zero-order valence-corrected chi connectivity index (χ0v) is 10.9. The number of ether oxygens (including phenoxy) is 1. The Labute approximate surface area is 119 Å². The lowest BCUT2D eigenvalue weighted by molar-refractivity contribution is 0.101. The number of carbonyl (C=O) groups is 1. The second-order valence-corrected chi connectivity index (χ2v) is 4.74. The predicted molar refractivity (Wildman–Crippen MR) is 74.2 cm³/mol. The van der Waals surface area contributed by atoms with E-state index in [9.17, 15) is 15.0 Å². The summed E-state index contributed by atoms with van der Waals surface area (Å²) in [6, 6.07) is 8.91. The molecule has 1 aliphatic rings. The van der Waals surface area contributed by atoms with Gasteiger partial charge in [0.05, 0.1) is 10.6 Å². The van der Waals surface area contributed by atoms with Gasteiger partial charge in [-0.25, -0.2) is 0 Å². The van der Waals surface area contributed by atoms with E-state index in [2.05, 4.69) is 0 Å². The first-order valence-electron chi connectivity index (χ1n) is 5.80. The molecule has 100 valence electrons. The van der Waals surface area contributed by atoms with E-state index < -0.39 is 0 Å². The summed E-state index contributed by atoms with van der Waals surface area (Å²) in [4.78, 5) is 12.1. The van der Waals surface area contributed by atoms with Crippen LogP contribution < -0.4 is 4.74 Å². The number of fused-ring (bicyclic) bond motifs is 1. The van der Waals surface area contributed by atoms with Gasteiger partial charge >= 0.3 is 0 Å². The maximum absolute atomic E-state index is 12.1. The molecule has 2 aromatic rings. The monoisotopic (exact) mass is 288 g/mol. The maximum Gasteiger partial charge on any atom is 0.231 e. The summed E-state index contributed by atoms with van der Waals surface area (Å²) in [6.07, 6.45) is 1.53. The first-order chi connectivity index (χ1) is 9.54. The van der Waals surface area contributed by atoms with Crippen molar-refractivity contribution < 1.29 is 19.7 Å². The number of ketones is 1. The number of benzene rings is 2. The summed E-state index contributed by atoms with van der Waals surface area (Å²) in [5, 5.41) is 18.9. The summed E-state index contributed by atoms with van der Waals surface area (Å²) < 4.78 is 5.42. The third-order valence-corrected chi connectivity index (χ3v) is 3.23. The van der Waals surface area contributed by atoms with Crippen molar-refractivity contribution in [3.63, 3.8) is 0 Å². The highest BCUT2D eigenvalue weighted by Gasteiger charge is 2.27. The largest absolute Gasteiger partial charge is 0.508 e. The molecular formula is C15H9ClO4. The number of rotatable bonds is 1. The lowest BCUT2D eigenvalue weighted by Crippen LogP contribution is -1.97. The van der Waals surface area contributed by atoms with E-state index in [-0.39, 0.29) is 28.1 Å². The topological polar surface area (TPSA) is 66.8 Å². The average molecular weight is 289 g/mol. The number of phenols is 2. The molecule has 0 radical (unpaired) electrons. The van der Waals surface area contributed by atoms with Crippen molar-refractivity contribution in [2.75, 3.05) is 0 Å². The van der Waals surface area contributed by atoms with Crippen LogP contribution in [-0.4, -0.2) is 16.0 Å². The number of Topliss-reactive ketones (excluding diaryl/α,β-unsaturated/α-hetero) is 1. The Balaban J connectivity index is 1.99. The molecule has 0 spiro atoms. The van der Waals surface area contributed by atoms with Gasteiger partial charge in [-0.15, -0.1) is 0 Å². The Morgan fingerprint density at radius 1 is 1.10 bits per heavy atom. The summed E-state index contributed by atoms with van der Waals surface area (Å²) >= 11 is 5.81. The fourth-order valence-corrected chi connectivity index (χ4v) is 2.13. The summed E-state index contributed by atoms with van der Waals surface area (Å²) in [5.74, 6) is 0.217. The summed E-state index contributed by atoms with van der Waals surface area (Å²) in [6.45, 7) is 0. The third-order valence-electron chi connectivity index (χ3n) is 2.92. The van der Waals surface area contributed by atoms with Gasteiger partial charge in [0, 0.05) is 6.07 Å². The summed E-state index contributed by atoms with van der Waals surface area (Å²) in [7, 11) is 0. The predicted octanol–water partition coefficient (Wildman–Crippen LogP) is 3.37. The number of allylic oxidation sites excluding steroid dienone is 1. The van der Waals surface area contributed by atoms with Crippen molar-refractivity contribution >= 4 is 23.5 Å². The molecule has 0 amide bonds. The van der Waals surface area contributed by atoms with Gasteiger partial charge < -0.3 is 14.9 Å². The molecule has 2 N–H and O–H groups in total. The first-order valence-corrected chi connectivity index (χ1v) is 6.18. The number of hydrogen-bond donors (Lipinski definition) is 2. The highest BCUT2D eigenvalue weighted by atomic mass is 35.5. The Kier molecular flexibility index (Phi) is 2.88. The molecule has 1 aliphatic heterocycles. The van der Waals surface area contributed by atoms with Crippen LogP contribution in [0.1, 0.15) is 15.9 Å². The molecule has 0 saturated heterocycles. The molecule has 0 aromatic heterocycles. The second-order valence-electron chi connectivity index (χ2n) is 4.33. The van der Waals surface area contributed by atoms with E-state index >= 15 is 0 Å². The number of halogens is 1. The molecule has 0 atom stereocenters. The zero-order chi connectivity index (χ0) is 14.3. The average Bonchev–Trinajstić information content (AvgIpc) is 2.70. The van der Waals surface area contributed by atoms with E-state index in [1.54, 1.807) is 6.07 Å². The molecule has 4 nitrogen and oxygen atoms in total. The summed E-state index contributed by atoms with van der Waals surface area (Å²) in [5.41, 5.74) is 1.03. The van der Waals surface area contributed by atoms with Crippen LogP contribution >= 0.6 is 11.6 Å². The lowest BCUT2D eigenvalue weighted by Gasteiger charge is -2.00. The molecule has 2 aromatic carbocycles. The minimum absolute atomic E-state index is 0.0271. The molecule has 1 heterocycles. The minimum Gasteiger partial charge on any atom is -0.508 e. The maximum atomic E-state index is 12.1. The molecule has 20 heavy (non-hydrogen) atoms. The van der Waals surface area contributed by atoms with Gasteiger partial charge in [0.25, 0.3) is 0 Å². The fourth-order valence-electron chi connectivity index (χ4n) is 1.94. The SMILES string of the molecule is O=C1/C(=C/c2ccc(O)c(Cl)c2)Oc2cc(O)ccc21. The van der Waals surface area contributed by atoms with Gasteiger partial charge in [-0.3, -0.25) is 4.79 Å². The first kappa shape index (κ1) is 12.6. The molecule has 0 unspecified atom stereocenters. The van der Waals surface area contributed by atoms with Crippen LogP contribution in [-0.2, 0) is 0 Å². The Morgan fingerprint density at radius 2 is 1.90 bits per heavy atom. The number of phenolic OH excluding ortho intramolecular Hbond substituents is 2. The highest BCUT2D eigenvalue weighted by molar-refractivity contribution is 6.32. The standard InChI is InChI=1S/C15H9ClO4/c16-11-5-8(1-4-12(11)18)6-14-15(19)10-3-2-9(17)7-13(10)20-14/h1-7,17-18H/b14-6-. The van der Waals surface area contributed by atoms with Crippen LogP contribution in [0.5, 0.6) is 17.2 Å². The van der Waals surface area contributed by atoms with Gasteiger partial charge in [0.1, 0.15) is 17.2 Å². The Bertz CT molecular complexity index is 750. The quantitative estimate of drug-likeness (QED) is 0.790. The van der Waals surface area contributed by atoms with Crippen molar-refractivity contribution in [1.29, 1.82) is 0 Å². The van der Waals surface area contributed by atoms with E-state index in [1.807, 2.05) is 0 Å². The molecule has 5 heteroatoms. The van der Waals surface area contributed by atoms with Gasteiger partial charge in [0.15, 0.2) is 5.76 Å². The second kappa shape index (κ2) is 4.58. The van der Waals surface area contributed by atoms with E-state index in [4.69, 9.17) is 16.3 Å². The molecule has 3 rings (SSSR count). The normalized spacial score (nSPS) is 15.2. The molecule has 0 saturated carbocycles. The zero-order valence-electron chi connectivity index (χ0n) is 10.1. The third kappa shape index (κ3) is 2.10. The van der Waals surface area contributed by atoms with Gasteiger partial charge in [-0.05, 0) is 35.9 Å². The van der Waals surface area contributed by atoms with E-state index in [1.165, 1.54) is 36.4 Å². The fraction of sp³-hybridized carbons (Fsp3) is 0. The molecule has 0 bridgehead atoms. The Hall–Kier alpha value is -2.46. The lowest BCUT2D eigenvalue weighted by atomic mass is 10.1. The van der Waals surface area contributed by atoms with Crippen LogP contribution in [0.15, 0.2) is 42.2 Å². The van der Waals surface area contributed by atoms with Crippen molar-refractivity contribution in [3.8, 4) is 17.2 Å². The van der Waals surface area contributed by atoms with E-state index in [0.717, 1.165) is 0 Å².